The molecule has 3 rings (SSSR count). The van der Waals surface area contributed by atoms with Crippen LogP contribution in [0.4, 0.5) is 5.82 Å². The Morgan fingerprint density at radius 1 is 1.31 bits per heavy atom. The summed E-state index contributed by atoms with van der Waals surface area (Å²) in [5.41, 5.74) is 8.61. The number of allylic oxidation sites excluding steroid dienone is 3. The van der Waals surface area contributed by atoms with Crippen LogP contribution in [0.5, 0.6) is 5.75 Å². The van der Waals surface area contributed by atoms with Gasteiger partial charge in [0.25, 0.3) is 0 Å². The summed E-state index contributed by atoms with van der Waals surface area (Å²) in [4.78, 5) is 8.54. The van der Waals surface area contributed by atoms with Crippen LogP contribution in [0.25, 0.3) is 22.3 Å². The number of fused-ring (bicyclic) bond motifs is 1. The molecule has 0 radical (unpaired) electrons. The second kappa shape index (κ2) is 7.39. The van der Waals surface area contributed by atoms with Crippen molar-refractivity contribution in [1.29, 1.82) is 0 Å². The number of benzene rings is 1. The van der Waals surface area contributed by atoms with Gasteiger partial charge in [-0.15, -0.1) is 0 Å². The van der Waals surface area contributed by atoms with E-state index in [1.165, 1.54) is 6.33 Å². The van der Waals surface area contributed by atoms with Crippen LogP contribution in [-0.2, 0) is 0 Å². The minimum absolute atomic E-state index is 0.217. The highest BCUT2D eigenvalue weighted by Crippen LogP contribution is 2.33. The molecule has 0 spiro atoms. The molecule has 0 saturated carbocycles. The van der Waals surface area contributed by atoms with Gasteiger partial charge in [0.15, 0.2) is 5.65 Å². The van der Waals surface area contributed by atoms with Gasteiger partial charge < -0.3 is 10.5 Å². The van der Waals surface area contributed by atoms with Gasteiger partial charge in [0, 0.05) is 5.56 Å². The number of rotatable bonds is 6. The molecule has 26 heavy (non-hydrogen) atoms. The maximum absolute atomic E-state index is 6.13. The first-order chi connectivity index (χ1) is 12.5. The molecule has 0 fully saturated rings. The lowest BCUT2D eigenvalue weighted by Crippen LogP contribution is -2.06. The number of aromatic nitrogens is 4. The van der Waals surface area contributed by atoms with E-state index in [-0.39, 0.29) is 6.04 Å². The van der Waals surface area contributed by atoms with E-state index in [4.69, 9.17) is 15.6 Å². The van der Waals surface area contributed by atoms with Crippen molar-refractivity contribution in [1.82, 2.24) is 19.7 Å². The van der Waals surface area contributed by atoms with Gasteiger partial charge in [0.2, 0.25) is 0 Å². The third kappa shape index (κ3) is 3.31. The average molecular weight is 349 g/mol. The standard InChI is InChI=1S/C20H23N5O/c1-5-7-14(4)26-16-10-8-15(9-11-16)18-17-19(21)22-12-23-20(17)25(24-18)13(3)6-2/h5,7-13H,1,6H2,2-4H3,(H2,21,22,23)/b14-7+/t13-/m0/s1. The van der Waals surface area contributed by atoms with Gasteiger partial charge in [-0.1, -0.05) is 19.6 Å². The van der Waals surface area contributed by atoms with Crippen LogP contribution in [0, 0.1) is 0 Å². The molecule has 0 aliphatic heterocycles. The van der Waals surface area contributed by atoms with E-state index < -0.39 is 0 Å². The van der Waals surface area contributed by atoms with Gasteiger partial charge >= 0.3 is 0 Å². The fraction of sp³-hybridized carbons (Fsp3) is 0.250. The van der Waals surface area contributed by atoms with Crippen molar-refractivity contribution >= 4 is 16.9 Å². The molecule has 2 heterocycles. The van der Waals surface area contributed by atoms with Crippen molar-refractivity contribution in [3.8, 4) is 17.0 Å². The molecule has 134 valence electrons. The van der Waals surface area contributed by atoms with Crippen LogP contribution in [-0.4, -0.2) is 19.7 Å². The molecule has 0 bridgehead atoms. The molecule has 0 aliphatic rings. The smallest absolute Gasteiger partial charge is 0.164 e. The molecule has 0 saturated heterocycles. The third-order valence-corrected chi connectivity index (χ3v) is 4.29. The van der Waals surface area contributed by atoms with Crippen LogP contribution in [0.1, 0.15) is 33.2 Å². The van der Waals surface area contributed by atoms with Gasteiger partial charge in [0.05, 0.1) is 11.4 Å². The Hall–Kier alpha value is -3.15. The Labute approximate surface area is 153 Å². The van der Waals surface area contributed by atoms with E-state index in [1.54, 1.807) is 6.08 Å². The summed E-state index contributed by atoms with van der Waals surface area (Å²) in [7, 11) is 0. The van der Waals surface area contributed by atoms with Crippen molar-refractivity contribution in [2.75, 3.05) is 5.73 Å². The monoisotopic (exact) mass is 349 g/mol. The summed E-state index contributed by atoms with van der Waals surface area (Å²) in [5.74, 6) is 1.96. The van der Waals surface area contributed by atoms with Crippen LogP contribution in [0.15, 0.2) is 55.1 Å². The van der Waals surface area contributed by atoms with E-state index in [0.717, 1.165) is 40.2 Å². The normalized spacial score (nSPS) is 13.0. The summed E-state index contributed by atoms with van der Waals surface area (Å²) in [5, 5.41) is 5.56. The zero-order chi connectivity index (χ0) is 18.7. The summed E-state index contributed by atoms with van der Waals surface area (Å²) >= 11 is 0. The minimum atomic E-state index is 0.217. The Bertz CT molecular complexity index is 956. The zero-order valence-corrected chi connectivity index (χ0v) is 15.3. The Balaban J connectivity index is 2.05. The van der Waals surface area contributed by atoms with Gasteiger partial charge in [0.1, 0.15) is 29.3 Å². The van der Waals surface area contributed by atoms with Gasteiger partial charge in [-0.3, -0.25) is 0 Å². The average Bonchev–Trinajstić information content (AvgIpc) is 3.03. The number of anilines is 1. The number of hydrogen-bond donors (Lipinski definition) is 1. The van der Waals surface area contributed by atoms with Crippen LogP contribution in [0.3, 0.4) is 0 Å². The van der Waals surface area contributed by atoms with Gasteiger partial charge in [-0.25, -0.2) is 14.6 Å². The van der Waals surface area contributed by atoms with E-state index in [9.17, 15) is 0 Å². The van der Waals surface area contributed by atoms with Crippen molar-refractivity contribution in [2.45, 2.75) is 33.2 Å². The molecular weight excluding hydrogens is 326 g/mol. The third-order valence-electron chi connectivity index (χ3n) is 4.29. The maximum atomic E-state index is 6.13. The molecule has 2 aromatic heterocycles. The van der Waals surface area contributed by atoms with Gasteiger partial charge in [-0.05, 0) is 50.6 Å². The lowest BCUT2D eigenvalue weighted by atomic mass is 10.1. The van der Waals surface area contributed by atoms with Gasteiger partial charge in [-0.2, -0.15) is 5.10 Å². The van der Waals surface area contributed by atoms with Crippen LogP contribution in [0.2, 0.25) is 0 Å². The highest BCUT2D eigenvalue weighted by Gasteiger charge is 2.19. The van der Waals surface area contributed by atoms with Crippen LogP contribution >= 0.6 is 0 Å². The second-order valence-electron chi connectivity index (χ2n) is 6.15. The SMILES string of the molecule is C=C/C=C(\C)Oc1ccc(-c2nn([C@@H](C)CC)c3ncnc(N)c23)cc1. The molecule has 3 aromatic rings. The lowest BCUT2D eigenvalue weighted by Gasteiger charge is -2.09. The molecule has 2 N–H and O–H groups in total. The highest BCUT2D eigenvalue weighted by atomic mass is 16.5. The summed E-state index contributed by atoms with van der Waals surface area (Å²) in [6.45, 7) is 9.78. The van der Waals surface area contributed by atoms with E-state index in [1.807, 2.05) is 41.9 Å². The number of nitrogens with two attached hydrogens (primary N) is 1. The molecule has 0 aliphatic carbocycles. The van der Waals surface area contributed by atoms with Crippen molar-refractivity contribution in [2.24, 2.45) is 0 Å². The summed E-state index contributed by atoms with van der Waals surface area (Å²) in [6, 6.07) is 7.96. The summed E-state index contributed by atoms with van der Waals surface area (Å²) < 4.78 is 7.65. The number of nitrogen functional groups attached to an aromatic ring is 1. The number of nitrogens with zero attached hydrogens (tertiary/aromatic N) is 4. The number of ether oxygens (including phenoxy) is 1. The van der Waals surface area contributed by atoms with E-state index in [2.05, 4.69) is 30.4 Å². The molecule has 0 unspecified atom stereocenters. The first kappa shape index (κ1) is 17.7. The lowest BCUT2D eigenvalue weighted by molar-refractivity contribution is 0.428. The van der Waals surface area contributed by atoms with Crippen molar-refractivity contribution < 1.29 is 4.74 Å². The van der Waals surface area contributed by atoms with Crippen LogP contribution < -0.4 is 10.5 Å². The van der Waals surface area contributed by atoms with E-state index in [0.29, 0.717) is 5.82 Å². The molecular formula is C20H23N5O. The molecule has 1 atom stereocenters. The Kier molecular flexibility index (Phi) is 5.02. The second-order valence-corrected chi connectivity index (χ2v) is 6.15. The topological polar surface area (TPSA) is 78.8 Å². The van der Waals surface area contributed by atoms with E-state index >= 15 is 0 Å². The maximum Gasteiger partial charge on any atom is 0.164 e. The number of hydrogen-bond acceptors (Lipinski definition) is 5. The molecule has 6 heteroatoms. The first-order valence-electron chi connectivity index (χ1n) is 8.61. The Morgan fingerprint density at radius 2 is 2.04 bits per heavy atom. The highest BCUT2D eigenvalue weighted by molar-refractivity contribution is 5.98. The Morgan fingerprint density at radius 3 is 2.69 bits per heavy atom. The first-order valence-corrected chi connectivity index (χ1v) is 8.61. The van der Waals surface area contributed by atoms with Crippen molar-refractivity contribution in [3.63, 3.8) is 0 Å². The molecule has 0 amide bonds. The quantitative estimate of drug-likeness (QED) is 0.523. The zero-order valence-electron chi connectivity index (χ0n) is 15.3. The fourth-order valence-corrected chi connectivity index (χ4v) is 2.74. The predicted octanol–water partition coefficient (Wildman–Crippen LogP) is 4.52. The molecule has 1 aromatic carbocycles. The van der Waals surface area contributed by atoms with Crippen molar-refractivity contribution in [3.05, 3.63) is 55.1 Å². The minimum Gasteiger partial charge on any atom is -0.462 e. The fourth-order valence-electron chi connectivity index (χ4n) is 2.74. The predicted molar refractivity (Wildman–Crippen MR) is 105 cm³/mol. The summed E-state index contributed by atoms with van der Waals surface area (Å²) in [6.07, 6.45) is 5.93. The largest absolute Gasteiger partial charge is 0.462 e. The molecule has 6 nitrogen and oxygen atoms in total.